The molecule has 5 N–H and O–H groups in total. The highest BCUT2D eigenvalue weighted by atomic mass is 31.2. The van der Waals surface area contributed by atoms with Gasteiger partial charge in [-0.25, -0.2) is 14.1 Å². The molecule has 18 nitrogen and oxygen atoms in total. The van der Waals surface area contributed by atoms with E-state index in [0.29, 0.717) is 12.8 Å². The minimum absolute atomic E-state index is 0.0144. The highest BCUT2D eigenvalue weighted by Crippen LogP contribution is 2.60. The number of hydrogen-bond acceptors (Lipinski definition) is 14. The van der Waals surface area contributed by atoms with Gasteiger partial charge in [-0.15, -0.1) is 0 Å². The van der Waals surface area contributed by atoms with E-state index in [1.165, 1.54) is 44.3 Å². The van der Waals surface area contributed by atoms with Gasteiger partial charge in [0.15, 0.2) is 5.82 Å². The SMILES string of the molecule is CCCCCOC(=O)C[C@H](NP(=O)(OC[C@@H]1O[C@@](C#N)(c2ccc3c(N)ncnn23)[C@@H](C(C)(C)C(=O)O)[C@@H]1C(C)(C)C(=O)O)Oc1ccc(C(C)(C)C)cc1)C(=O)OCCCCC. The van der Waals surface area contributed by atoms with Crippen LogP contribution in [0.2, 0.25) is 0 Å². The Morgan fingerprint density at radius 3 is 2.10 bits per heavy atom. The van der Waals surface area contributed by atoms with Gasteiger partial charge in [0.25, 0.3) is 0 Å². The van der Waals surface area contributed by atoms with E-state index >= 15 is 4.57 Å². The molecule has 3 aromatic rings. The molecule has 1 aliphatic rings. The fraction of sp³-hybridized carbons (Fsp3) is 0.614. The highest BCUT2D eigenvalue weighted by Gasteiger charge is 2.68. The van der Waals surface area contributed by atoms with Crippen molar-refractivity contribution < 1.29 is 57.2 Å². The Bertz CT molecular complexity index is 2180. The van der Waals surface area contributed by atoms with Crippen molar-refractivity contribution in [1.82, 2.24) is 19.7 Å². The van der Waals surface area contributed by atoms with E-state index in [-0.39, 0.29) is 41.4 Å². The summed E-state index contributed by atoms with van der Waals surface area (Å²) >= 11 is 0. The number of hydrogen-bond donors (Lipinski definition) is 4. The normalized spacial score (nSPS) is 20.7. The number of carbonyl (C=O) groups is 4. The number of aromatic nitrogens is 3. The largest absolute Gasteiger partial charge is 0.481 e. The number of carboxylic acids is 2. The molecule has 1 aliphatic heterocycles. The average molecular weight is 899 g/mol. The number of nitriles is 1. The number of carbonyl (C=O) groups excluding carboxylic acids is 2. The third kappa shape index (κ3) is 11.5. The van der Waals surface area contributed by atoms with Crippen molar-refractivity contribution in [1.29, 1.82) is 5.26 Å². The summed E-state index contributed by atoms with van der Waals surface area (Å²) in [4.78, 5) is 57.2. The number of nitrogens with zero attached hydrogens (tertiary/aromatic N) is 4. The lowest BCUT2D eigenvalue weighted by Crippen LogP contribution is -2.52. The molecule has 63 heavy (non-hydrogen) atoms. The first-order valence-corrected chi connectivity index (χ1v) is 22.8. The molecule has 1 aromatic carbocycles. The van der Waals surface area contributed by atoms with Crippen LogP contribution in [0, 0.1) is 34.0 Å². The smallest absolute Gasteiger partial charge is 0.459 e. The minimum atomic E-state index is -4.86. The Morgan fingerprint density at radius 2 is 1.54 bits per heavy atom. The van der Waals surface area contributed by atoms with Gasteiger partial charge in [0, 0.05) is 11.8 Å². The maximum Gasteiger partial charge on any atom is 0.459 e. The first-order valence-electron chi connectivity index (χ1n) is 21.3. The third-order valence-electron chi connectivity index (χ3n) is 11.6. The number of fused-ring (bicyclic) bond motifs is 1. The van der Waals surface area contributed by atoms with Crippen molar-refractivity contribution >= 4 is 43.0 Å². The van der Waals surface area contributed by atoms with Crippen LogP contribution in [-0.4, -0.2) is 80.7 Å². The van der Waals surface area contributed by atoms with Crippen molar-refractivity contribution in [2.45, 2.75) is 130 Å². The third-order valence-corrected chi connectivity index (χ3v) is 13.2. The van der Waals surface area contributed by atoms with Crippen LogP contribution in [0.25, 0.3) is 5.52 Å². The Morgan fingerprint density at radius 1 is 0.937 bits per heavy atom. The lowest BCUT2D eigenvalue weighted by Gasteiger charge is -2.42. The molecule has 0 amide bonds. The lowest BCUT2D eigenvalue weighted by molar-refractivity contribution is -0.161. The first kappa shape index (κ1) is 50.6. The number of anilines is 1. The predicted molar refractivity (Wildman–Crippen MR) is 231 cm³/mol. The van der Waals surface area contributed by atoms with E-state index in [0.717, 1.165) is 37.6 Å². The van der Waals surface area contributed by atoms with Crippen LogP contribution in [0.5, 0.6) is 5.75 Å². The van der Waals surface area contributed by atoms with Gasteiger partial charge in [0.2, 0.25) is 5.60 Å². The lowest BCUT2D eigenvalue weighted by atomic mass is 9.57. The molecule has 0 bridgehead atoms. The zero-order valence-electron chi connectivity index (χ0n) is 37.7. The van der Waals surface area contributed by atoms with Crippen LogP contribution in [0.4, 0.5) is 5.82 Å². The van der Waals surface area contributed by atoms with Gasteiger partial charge in [-0.3, -0.25) is 23.7 Å². The summed E-state index contributed by atoms with van der Waals surface area (Å²) in [5, 5.41) is 39.6. The Balaban J connectivity index is 1.86. The minimum Gasteiger partial charge on any atom is -0.481 e. The molecule has 0 aliphatic carbocycles. The second-order valence-electron chi connectivity index (χ2n) is 18.1. The number of nitrogens with two attached hydrogens (primary N) is 1. The van der Waals surface area contributed by atoms with E-state index in [1.807, 2.05) is 34.6 Å². The van der Waals surface area contributed by atoms with Gasteiger partial charge in [-0.2, -0.15) is 15.4 Å². The molecular formula is C44H63N6O12P. The molecule has 1 fully saturated rings. The van der Waals surface area contributed by atoms with Gasteiger partial charge in [-0.1, -0.05) is 72.4 Å². The van der Waals surface area contributed by atoms with Crippen LogP contribution in [-0.2, 0) is 53.5 Å². The highest BCUT2D eigenvalue weighted by molar-refractivity contribution is 7.52. The fourth-order valence-electron chi connectivity index (χ4n) is 7.89. The molecular weight excluding hydrogens is 835 g/mol. The zero-order chi connectivity index (χ0) is 47.0. The molecule has 2 aromatic heterocycles. The van der Waals surface area contributed by atoms with Crippen molar-refractivity contribution in [3.63, 3.8) is 0 Å². The van der Waals surface area contributed by atoms with Crippen molar-refractivity contribution in [3.8, 4) is 11.8 Å². The zero-order valence-corrected chi connectivity index (χ0v) is 38.6. The number of benzene rings is 1. The van der Waals surface area contributed by atoms with Gasteiger partial charge in [0.05, 0.1) is 48.9 Å². The molecule has 1 saturated heterocycles. The summed E-state index contributed by atoms with van der Waals surface area (Å²) in [6, 6.07) is 10.2. The monoisotopic (exact) mass is 898 g/mol. The second-order valence-corrected chi connectivity index (χ2v) is 19.8. The molecule has 6 atom stereocenters. The van der Waals surface area contributed by atoms with Gasteiger partial charge < -0.3 is 34.7 Å². The van der Waals surface area contributed by atoms with Gasteiger partial charge >= 0.3 is 31.6 Å². The number of aliphatic carboxylic acids is 2. The van der Waals surface area contributed by atoms with Gasteiger partial charge in [-0.05, 0) is 75.8 Å². The average Bonchev–Trinajstić information content (AvgIpc) is 3.82. The Labute approximate surface area is 368 Å². The molecule has 0 saturated carbocycles. The maximum absolute atomic E-state index is 15.3. The summed E-state index contributed by atoms with van der Waals surface area (Å²) in [6.45, 7) is 14.8. The van der Waals surface area contributed by atoms with E-state index in [2.05, 4.69) is 21.2 Å². The number of nitrogens with one attached hydrogen (secondary N) is 1. The summed E-state index contributed by atoms with van der Waals surface area (Å²) in [6.07, 6.45) is 3.45. The summed E-state index contributed by atoms with van der Waals surface area (Å²) in [5.41, 5.74) is 1.14. The number of esters is 2. The number of nitrogen functional groups attached to an aromatic ring is 1. The standard InChI is InChI=1S/C44H63N6O12P/c1-10-12-14-22-58-34(51)24-30(38(52)59-23-15-13-11-2)49-63(57,62-29-18-16-28(17-19-29)41(3,4)5)60-25-32-35(42(6,7)39(53)54)36(43(8,9)40(55)56)44(26-45,61-32)33-21-20-31-37(46)47-27-48-50(31)33/h16-21,27,30,32,35-36H,10-15,22-25H2,1-9H3,(H,49,57)(H,53,54)(H,55,56)(H2,46,47,48)/t30-,32-,35+,36+,44-,63?/m0/s1. The number of unbranched alkanes of at least 4 members (excludes halogenated alkanes) is 4. The Hall–Kier alpha value is -5.08. The quantitative estimate of drug-likeness (QED) is 0.0416. The van der Waals surface area contributed by atoms with E-state index in [4.69, 9.17) is 29.0 Å². The summed E-state index contributed by atoms with van der Waals surface area (Å²) < 4.78 is 46.3. The summed E-state index contributed by atoms with van der Waals surface area (Å²) in [5.74, 6) is -7.15. The first-order chi connectivity index (χ1) is 29.5. The molecule has 346 valence electrons. The second kappa shape index (κ2) is 20.6. The van der Waals surface area contributed by atoms with E-state index < -0.39 is 85.1 Å². The van der Waals surface area contributed by atoms with Crippen LogP contribution in [0.15, 0.2) is 42.7 Å². The van der Waals surface area contributed by atoms with Crippen molar-refractivity contribution in [2.75, 3.05) is 25.6 Å². The summed E-state index contributed by atoms with van der Waals surface area (Å²) in [7, 11) is -4.86. The van der Waals surface area contributed by atoms with E-state index in [1.54, 1.807) is 24.3 Å². The molecule has 4 rings (SSSR count). The molecule has 0 radical (unpaired) electrons. The van der Waals surface area contributed by atoms with Crippen LogP contribution >= 0.6 is 7.75 Å². The van der Waals surface area contributed by atoms with Crippen LogP contribution in [0.1, 0.15) is 119 Å². The molecule has 0 spiro atoms. The fourth-order valence-corrected chi connectivity index (χ4v) is 9.39. The van der Waals surface area contributed by atoms with Crippen molar-refractivity contribution in [2.24, 2.45) is 22.7 Å². The molecule has 3 heterocycles. The number of ether oxygens (including phenoxy) is 3. The van der Waals surface area contributed by atoms with E-state index in [9.17, 15) is 34.7 Å². The number of rotatable bonds is 23. The maximum atomic E-state index is 15.3. The number of carboxylic acid groups (broad SMARTS) is 2. The van der Waals surface area contributed by atoms with Crippen LogP contribution < -0.4 is 15.3 Å². The Kier molecular flexibility index (Phi) is 16.5. The molecule has 1 unspecified atom stereocenters. The topological polar surface area (TPSA) is 264 Å². The molecule has 19 heteroatoms. The predicted octanol–water partition coefficient (Wildman–Crippen LogP) is 7.20. The van der Waals surface area contributed by atoms with Crippen molar-refractivity contribution in [3.05, 3.63) is 54.0 Å². The van der Waals surface area contributed by atoms with Gasteiger partial charge in [0.1, 0.15) is 29.7 Å². The van der Waals surface area contributed by atoms with Crippen LogP contribution in [0.3, 0.4) is 0 Å².